The Balaban J connectivity index is 1.56. The molecule has 0 aromatic heterocycles. The van der Waals surface area contributed by atoms with E-state index in [1.807, 2.05) is 54.6 Å². The lowest BCUT2D eigenvalue weighted by atomic mass is 10.1. The van der Waals surface area contributed by atoms with Gasteiger partial charge in [0.05, 0.1) is 4.47 Å². The van der Waals surface area contributed by atoms with Crippen LogP contribution in [0.3, 0.4) is 0 Å². The van der Waals surface area contributed by atoms with Crippen LogP contribution in [-0.2, 0) is 11.2 Å². The summed E-state index contributed by atoms with van der Waals surface area (Å²) in [6.45, 7) is 1.93. The molecule has 0 saturated heterocycles. The van der Waals surface area contributed by atoms with E-state index in [4.69, 9.17) is 9.47 Å². The lowest BCUT2D eigenvalue weighted by molar-refractivity contribution is -0.136. The first-order chi connectivity index (χ1) is 12.7. The van der Waals surface area contributed by atoms with Crippen LogP contribution in [0.5, 0.6) is 11.5 Å². The molecule has 0 saturated carbocycles. The second-order valence-corrected chi connectivity index (χ2v) is 6.63. The minimum atomic E-state index is -0.443. The topological polar surface area (TPSA) is 35.5 Å². The summed E-state index contributed by atoms with van der Waals surface area (Å²) in [7, 11) is 0. The summed E-state index contributed by atoms with van der Waals surface area (Å²) in [5, 5.41) is 0. The second kappa shape index (κ2) is 8.68. The van der Waals surface area contributed by atoms with Crippen molar-refractivity contribution in [2.45, 2.75) is 13.3 Å². The van der Waals surface area contributed by atoms with Gasteiger partial charge in [0.25, 0.3) is 0 Å². The summed E-state index contributed by atoms with van der Waals surface area (Å²) in [6.07, 6.45) is 0.926. The zero-order chi connectivity index (χ0) is 18.4. The van der Waals surface area contributed by atoms with Crippen molar-refractivity contribution in [1.29, 1.82) is 0 Å². The van der Waals surface area contributed by atoms with Crippen LogP contribution in [0.15, 0.2) is 77.3 Å². The number of esters is 1. The predicted octanol–water partition coefficient (Wildman–Crippen LogP) is 5.66. The van der Waals surface area contributed by atoms with Crippen LogP contribution in [0.25, 0.3) is 11.1 Å². The highest BCUT2D eigenvalue weighted by Gasteiger charge is 2.10. The molecule has 0 unspecified atom stereocenters. The number of carbonyl (C=O) groups is 1. The molecule has 0 spiro atoms. The molecular weight excluding hydrogens is 392 g/mol. The highest BCUT2D eigenvalue weighted by Crippen LogP contribution is 2.26. The number of halogens is 1. The smallest absolute Gasteiger partial charge is 0.349 e. The lowest BCUT2D eigenvalue weighted by Gasteiger charge is -2.09. The van der Waals surface area contributed by atoms with Gasteiger partial charge in [-0.15, -0.1) is 0 Å². The Kier molecular flexibility index (Phi) is 6.08. The molecule has 0 radical (unpaired) electrons. The Morgan fingerprint density at radius 1 is 0.923 bits per heavy atom. The molecule has 132 valence electrons. The van der Waals surface area contributed by atoms with E-state index in [9.17, 15) is 4.79 Å². The monoisotopic (exact) mass is 410 g/mol. The molecule has 4 heteroatoms. The zero-order valence-corrected chi connectivity index (χ0v) is 16.0. The van der Waals surface area contributed by atoms with Crippen molar-refractivity contribution in [1.82, 2.24) is 0 Å². The van der Waals surface area contributed by atoms with Gasteiger partial charge in [0.1, 0.15) is 11.5 Å². The van der Waals surface area contributed by atoms with E-state index in [-0.39, 0.29) is 6.61 Å². The third-order valence-electron chi connectivity index (χ3n) is 3.95. The van der Waals surface area contributed by atoms with Gasteiger partial charge in [0.2, 0.25) is 0 Å². The van der Waals surface area contributed by atoms with E-state index in [1.54, 1.807) is 6.07 Å². The number of hydrogen-bond donors (Lipinski definition) is 0. The fourth-order valence-corrected chi connectivity index (χ4v) is 3.02. The maximum Gasteiger partial charge on any atom is 0.349 e. The summed E-state index contributed by atoms with van der Waals surface area (Å²) in [6, 6.07) is 23.4. The van der Waals surface area contributed by atoms with Crippen molar-refractivity contribution in [2.75, 3.05) is 6.61 Å². The molecule has 0 aliphatic rings. The van der Waals surface area contributed by atoms with Gasteiger partial charge < -0.3 is 9.47 Å². The second-order valence-electron chi connectivity index (χ2n) is 5.77. The average molecular weight is 411 g/mol. The van der Waals surface area contributed by atoms with Crippen LogP contribution in [-0.4, -0.2) is 12.6 Å². The van der Waals surface area contributed by atoms with E-state index in [0.29, 0.717) is 11.5 Å². The average Bonchev–Trinajstić information content (AvgIpc) is 2.69. The molecule has 0 heterocycles. The SMILES string of the molecule is CCc1ccc(OC(=O)COc2ccc(-c3ccccc3)cc2)c(Br)c1. The molecular formula is C22H19BrO3. The molecule has 3 aromatic rings. The Morgan fingerprint density at radius 2 is 1.62 bits per heavy atom. The normalized spacial score (nSPS) is 10.4. The van der Waals surface area contributed by atoms with Crippen LogP contribution in [0.2, 0.25) is 0 Å². The molecule has 0 aliphatic heterocycles. The fraction of sp³-hybridized carbons (Fsp3) is 0.136. The number of carbonyl (C=O) groups excluding carboxylic acids is 1. The molecule has 0 fully saturated rings. The van der Waals surface area contributed by atoms with Gasteiger partial charge in [-0.2, -0.15) is 0 Å². The number of benzene rings is 3. The molecule has 26 heavy (non-hydrogen) atoms. The molecule has 3 rings (SSSR count). The van der Waals surface area contributed by atoms with Crippen LogP contribution < -0.4 is 9.47 Å². The van der Waals surface area contributed by atoms with Gasteiger partial charge in [-0.05, 0) is 63.3 Å². The maximum atomic E-state index is 12.0. The molecule has 0 atom stereocenters. The van der Waals surface area contributed by atoms with Crippen LogP contribution in [0.4, 0.5) is 0 Å². The lowest BCUT2D eigenvalue weighted by Crippen LogP contribution is -2.17. The minimum absolute atomic E-state index is 0.146. The molecule has 3 aromatic carbocycles. The first-order valence-corrected chi connectivity index (χ1v) is 9.22. The summed E-state index contributed by atoms with van der Waals surface area (Å²) in [5.41, 5.74) is 3.41. The van der Waals surface area contributed by atoms with E-state index >= 15 is 0 Å². The van der Waals surface area contributed by atoms with Gasteiger partial charge in [0, 0.05) is 0 Å². The fourth-order valence-electron chi connectivity index (χ4n) is 2.52. The minimum Gasteiger partial charge on any atom is -0.482 e. The van der Waals surface area contributed by atoms with Gasteiger partial charge in [0.15, 0.2) is 6.61 Å². The van der Waals surface area contributed by atoms with Crippen molar-refractivity contribution in [3.8, 4) is 22.6 Å². The van der Waals surface area contributed by atoms with E-state index in [0.717, 1.165) is 22.0 Å². The Labute approximate surface area is 161 Å². The van der Waals surface area contributed by atoms with E-state index < -0.39 is 5.97 Å². The number of rotatable bonds is 6. The van der Waals surface area contributed by atoms with Crippen molar-refractivity contribution in [3.05, 3.63) is 82.8 Å². The molecule has 0 N–H and O–H groups in total. The third kappa shape index (κ3) is 4.73. The number of aryl methyl sites for hydroxylation is 1. The van der Waals surface area contributed by atoms with Crippen molar-refractivity contribution in [3.63, 3.8) is 0 Å². The molecule has 0 bridgehead atoms. The summed E-state index contributed by atoms with van der Waals surface area (Å²) in [5.74, 6) is 0.680. The Hall–Kier alpha value is -2.59. The largest absolute Gasteiger partial charge is 0.482 e. The first-order valence-electron chi connectivity index (χ1n) is 8.43. The standard InChI is InChI=1S/C22H19BrO3/c1-2-16-8-13-21(20(23)14-16)26-22(24)15-25-19-11-9-18(10-12-19)17-6-4-3-5-7-17/h3-14H,2,15H2,1H3. The van der Waals surface area contributed by atoms with Crippen LogP contribution in [0.1, 0.15) is 12.5 Å². The van der Waals surface area contributed by atoms with Gasteiger partial charge in [-0.3, -0.25) is 0 Å². The van der Waals surface area contributed by atoms with Gasteiger partial charge in [-0.25, -0.2) is 4.79 Å². The van der Waals surface area contributed by atoms with Crippen molar-refractivity contribution < 1.29 is 14.3 Å². The zero-order valence-electron chi connectivity index (χ0n) is 14.4. The van der Waals surface area contributed by atoms with Gasteiger partial charge in [-0.1, -0.05) is 55.5 Å². The number of hydrogen-bond acceptors (Lipinski definition) is 3. The Morgan fingerprint density at radius 3 is 2.27 bits per heavy atom. The van der Waals surface area contributed by atoms with E-state index in [2.05, 4.69) is 35.0 Å². The predicted molar refractivity (Wildman–Crippen MR) is 107 cm³/mol. The highest BCUT2D eigenvalue weighted by atomic mass is 79.9. The maximum absolute atomic E-state index is 12.0. The van der Waals surface area contributed by atoms with Crippen LogP contribution in [0, 0.1) is 0 Å². The quantitative estimate of drug-likeness (QED) is 0.388. The van der Waals surface area contributed by atoms with E-state index in [1.165, 1.54) is 5.56 Å². The van der Waals surface area contributed by atoms with Crippen molar-refractivity contribution in [2.24, 2.45) is 0 Å². The molecule has 0 aliphatic carbocycles. The van der Waals surface area contributed by atoms with Crippen LogP contribution >= 0.6 is 15.9 Å². The third-order valence-corrected chi connectivity index (χ3v) is 4.57. The first kappa shape index (κ1) is 18.2. The molecule has 3 nitrogen and oxygen atoms in total. The molecule has 0 amide bonds. The number of ether oxygens (including phenoxy) is 2. The Bertz CT molecular complexity index is 874. The summed E-state index contributed by atoms with van der Waals surface area (Å²) < 4.78 is 11.6. The van der Waals surface area contributed by atoms with Gasteiger partial charge >= 0.3 is 5.97 Å². The highest BCUT2D eigenvalue weighted by molar-refractivity contribution is 9.10. The summed E-state index contributed by atoms with van der Waals surface area (Å²) in [4.78, 5) is 12.0. The summed E-state index contributed by atoms with van der Waals surface area (Å²) >= 11 is 3.42. The van der Waals surface area contributed by atoms with Crippen molar-refractivity contribution >= 4 is 21.9 Å².